The van der Waals surface area contributed by atoms with E-state index >= 15 is 0 Å². The van der Waals surface area contributed by atoms with E-state index in [1.54, 1.807) is 6.07 Å². The van der Waals surface area contributed by atoms with Gasteiger partial charge in [-0.05, 0) is 37.0 Å². The molecule has 0 aliphatic rings. The van der Waals surface area contributed by atoms with Crippen LogP contribution in [0.1, 0.15) is 157 Å². The van der Waals surface area contributed by atoms with Crippen LogP contribution in [-0.2, 0) is 6.42 Å². The molecule has 190 valence electrons. The maximum Gasteiger partial charge on any atom is 0.339 e. The van der Waals surface area contributed by atoms with Crippen molar-refractivity contribution in [3.05, 3.63) is 28.8 Å². The van der Waals surface area contributed by atoms with E-state index in [1.807, 2.05) is 13.0 Å². The number of carboxylic acids is 1. The minimum atomic E-state index is -1.05. The molecule has 0 spiro atoms. The van der Waals surface area contributed by atoms with Gasteiger partial charge < -0.3 is 10.2 Å². The first kappa shape index (κ1) is 29.5. The van der Waals surface area contributed by atoms with Crippen molar-refractivity contribution in [1.29, 1.82) is 0 Å². The van der Waals surface area contributed by atoms with Gasteiger partial charge in [0.2, 0.25) is 0 Å². The Hall–Kier alpha value is -1.51. The zero-order valence-electron chi connectivity index (χ0n) is 21.8. The molecule has 1 aromatic carbocycles. The van der Waals surface area contributed by atoms with Crippen LogP contribution in [0.15, 0.2) is 12.1 Å². The van der Waals surface area contributed by atoms with E-state index in [0.29, 0.717) is 0 Å². The highest BCUT2D eigenvalue weighted by atomic mass is 16.4. The van der Waals surface area contributed by atoms with Crippen LogP contribution in [0.25, 0.3) is 0 Å². The lowest BCUT2D eigenvalue weighted by Crippen LogP contribution is -2.00. The van der Waals surface area contributed by atoms with Gasteiger partial charge >= 0.3 is 5.97 Å². The Kier molecular flexibility index (Phi) is 17.8. The Balaban J connectivity index is 1.87. The highest BCUT2D eigenvalue weighted by Crippen LogP contribution is 2.26. The molecule has 1 rings (SSSR count). The van der Waals surface area contributed by atoms with E-state index in [0.717, 1.165) is 30.4 Å². The van der Waals surface area contributed by atoms with Gasteiger partial charge in [-0.3, -0.25) is 0 Å². The summed E-state index contributed by atoms with van der Waals surface area (Å²) in [7, 11) is 0. The average molecular weight is 461 g/mol. The second-order valence-corrected chi connectivity index (χ2v) is 10.1. The van der Waals surface area contributed by atoms with Crippen LogP contribution in [0.3, 0.4) is 0 Å². The van der Waals surface area contributed by atoms with E-state index < -0.39 is 5.97 Å². The number of phenols is 1. The summed E-state index contributed by atoms with van der Waals surface area (Å²) >= 11 is 0. The molecule has 0 saturated carbocycles. The third-order valence-electron chi connectivity index (χ3n) is 6.86. The molecule has 0 radical (unpaired) electrons. The Morgan fingerprint density at radius 1 is 0.636 bits per heavy atom. The molecular formula is C30H52O3. The number of aromatic hydroxyl groups is 1. The normalized spacial score (nSPS) is 11.2. The molecule has 0 aliphatic heterocycles. The molecule has 0 bridgehead atoms. The van der Waals surface area contributed by atoms with Crippen LogP contribution in [-0.4, -0.2) is 16.2 Å². The fourth-order valence-electron chi connectivity index (χ4n) is 4.78. The summed E-state index contributed by atoms with van der Waals surface area (Å²) in [5.74, 6) is -1.10. The lowest BCUT2D eigenvalue weighted by atomic mass is 9.99. The second kappa shape index (κ2) is 19.9. The minimum Gasteiger partial charge on any atom is -0.507 e. The summed E-state index contributed by atoms with van der Waals surface area (Å²) in [5.41, 5.74) is 1.70. The van der Waals surface area contributed by atoms with Crippen molar-refractivity contribution >= 4 is 5.97 Å². The lowest BCUT2D eigenvalue weighted by Gasteiger charge is -2.09. The standard InChI is InChI=1S/C30H52O3/c1-3-4-5-6-7-8-9-10-11-12-13-14-15-16-17-18-19-20-21-22-23-27-24-26(2)25-28(29(27)31)30(32)33/h24-25,31H,3-23H2,1-2H3,(H,32,33). The molecule has 0 atom stereocenters. The molecule has 0 amide bonds. The predicted octanol–water partition coefficient (Wildman–Crippen LogP) is 9.76. The summed E-state index contributed by atoms with van der Waals surface area (Å²) in [5, 5.41) is 19.4. The molecular weight excluding hydrogens is 408 g/mol. The third kappa shape index (κ3) is 15.1. The van der Waals surface area contributed by atoms with Crippen molar-refractivity contribution in [2.75, 3.05) is 0 Å². The van der Waals surface area contributed by atoms with Crippen molar-refractivity contribution < 1.29 is 15.0 Å². The first-order chi connectivity index (χ1) is 16.1. The average Bonchev–Trinajstić information content (AvgIpc) is 2.79. The first-order valence-electron chi connectivity index (χ1n) is 14.1. The zero-order valence-corrected chi connectivity index (χ0v) is 21.8. The topological polar surface area (TPSA) is 57.5 Å². The number of unbranched alkanes of at least 4 members (excludes halogenated alkanes) is 19. The van der Waals surface area contributed by atoms with E-state index in [2.05, 4.69) is 6.92 Å². The molecule has 3 nitrogen and oxygen atoms in total. The molecule has 1 aromatic rings. The van der Waals surface area contributed by atoms with Crippen LogP contribution in [0.5, 0.6) is 5.75 Å². The van der Waals surface area contributed by atoms with Gasteiger partial charge in [-0.1, -0.05) is 135 Å². The number of hydrogen-bond donors (Lipinski definition) is 2. The highest BCUT2D eigenvalue weighted by molar-refractivity contribution is 5.91. The van der Waals surface area contributed by atoms with Crippen molar-refractivity contribution in [2.24, 2.45) is 0 Å². The molecule has 33 heavy (non-hydrogen) atoms. The first-order valence-corrected chi connectivity index (χ1v) is 14.1. The third-order valence-corrected chi connectivity index (χ3v) is 6.86. The molecule has 0 heterocycles. The highest BCUT2D eigenvalue weighted by Gasteiger charge is 2.14. The SMILES string of the molecule is CCCCCCCCCCCCCCCCCCCCCCc1cc(C)cc(C(=O)O)c1O. The van der Waals surface area contributed by atoms with Gasteiger partial charge in [-0.25, -0.2) is 4.79 Å². The smallest absolute Gasteiger partial charge is 0.339 e. The fraction of sp³-hybridized carbons (Fsp3) is 0.767. The summed E-state index contributed by atoms with van der Waals surface area (Å²) in [6.45, 7) is 4.17. The number of carboxylic acid groups (broad SMARTS) is 1. The monoisotopic (exact) mass is 460 g/mol. The largest absolute Gasteiger partial charge is 0.507 e. The van der Waals surface area contributed by atoms with Gasteiger partial charge in [0.05, 0.1) is 0 Å². The predicted molar refractivity (Wildman–Crippen MR) is 142 cm³/mol. The van der Waals surface area contributed by atoms with Crippen LogP contribution >= 0.6 is 0 Å². The maximum absolute atomic E-state index is 11.2. The van der Waals surface area contributed by atoms with Gasteiger partial charge in [0.25, 0.3) is 0 Å². The number of benzene rings is 1. The maximum atomic E-state index is 11.2. The Morgan fingerprint density at radius 2 is 1.00 bits per heavy atom. The Bertz CT molecular complexity index is 623. The summed E-state index contributed by atoms with van der Waals surface area (Å²) in [4.78, 5) is 11.2. The number of aromatic carboxylic acids is 1. The molecule has 0 saturated heterocycles. The van der Waals surface area contributed by atoms with Crippen molar-refractivity contribution in [3.63, 3.8) is 0 Å². The minimum absolute atomic E-state index is 0.0261. The summed E-state index contributed by atoms with van der Waals surface area (Å²) in [6.07, 6.45) is 28.0. The van der Waals surface area contributed by atoms with Gasteiger partial charge in [0.1, 0.15) is 11.3 Å². The van der Waals surface area contributed by atoms with Gasteiger partial charge in [-0.2, -0.15) is 0 Å². The molecule has 0 unspecified atom stereocenters. The van der Waals surface area contributed by atoms with Crippen LogP contribution in [0.2, 0.25) is 0 Å². The van der Waals surface area contributed by atoms with E-state index in [-0.39, 0.29) is 11.3 Å². The van der Waals surface area contributed by atoms with Crippen LogP contribution in [0.4, 0.5) is 0 Å². The van der Waals surface area contributed by atoms with Crippen molar-refractivity contribution in [2.45, 2.75) is 149 Å². The molecule has 0 fully saturated rings. The molecule has 2 N–H and O–H groups in total. The zero-order chi connectivity index (χ0) is 24.2. The van der Waals surface area contributed by atoms with Gasteiger partial charge in [0, 0.05) is 0 Å². The second-order valence-electron chi connectivity index (χ2n) is 10.1. The lowest BCUT2D eigenvalue weighted by molar-refractivity contribution is 0.0693. The van der Waals surface area contributed by atoms with E-state index in [4.69, 9.17) is 0 Å². The summed E-state index contributed by atoms with van der Waals surface area (Å²) < 4.78 is 0. The quantitative estimate of drug-likeness (QED) is 0.169. The van der Waals surface area contributed by atoms with E-state index in [1.165, 1.54) is 116 Å². The fourth-order valence-corrected chi connectivity index (χ4v) is 4.78. The van der Waals surface area contributed by atoms with Crippen LogP contribution in [0, 0.1) is 6.92 Å². The van der Waals surface area contributed by atoms with Crippen molar-refractivity contribution in [3.8, 4) is 5.75 Å². The van der Waals surface area contributed by atoms with E-state index in [9.17, 15) is 15.0 Å². The molecule has 0 aromatic heterocycles. The van der Waals surface area contributed by atoms with Gasteiger partial charge in [0.15, 0.2) is 0 Å². The Morgan fingerprint density at radius 3 is 1.36 bits per heavy atom. The van der Waals surface area contributed by atoms with Crippen LogP contribution < -0.4 is 0 Å². The Labute approximate surface area is 204 Å². The number of rotatable bonds is 22. The number of hydrogen-bond acceptors (Lipinski definition) is 2. The number of aryl methyl sites for hydroxylation is 2. The molecule has 0 aliphatic carbocycles. The molecule has 3 heteroatoms. The summed E-state index contributed by atoms with van der Waals surface area (Å²) in [6, 6.07) is 3.45. The number of carbonyl (C=O) groups is 1. The van der Waals surface area contributed by atoms with Gasteiger partial charge in [-0.15, -0.1) is 0 Å². The van der Waals surface area contributed by atoms with Crippen molar-refractivity contribution in [1.82, 2.24) is 0 Å².